The van der Waals surface area contributed by atoms with Crippen molar-refractivity contribution in [3.63, 3.8) is 0 Å². The highest BCUT2D eigenvalue weighted by Crippen LogP contribution is 2.37. The molecule has 2 atom stereocenters. The molecule has 0 aliphatic heterocycles. The van der Waals surface area contributed by atoms with Crippen molar-refractivity contribution in [3.05, 3.63) is 12.2 Å². The molecule has 1 nitrogen and oxygen atoms in total. The average Bonchev–Trinajstić information content (AvgIpc) is 2.36. The summed E-state index contributed by atoms with van der Waals surface area (Å²) in [6, 6.07) is 0. The van der Waals surface area contributed by atoms with Crippen molar-refractivity contribution >= 4 is 5.78 Å². The molecular weight excluding hydrogens is 124 g/mol. The van der Waals surface area contributed by atoms with Crippen LogP contribution < -0.4 is 0 Å². The van der Waals surface area contributed by atoms with Gasteiger partial charge in [0.05, 0.1) is 0 Å². The molecule has 2 rings (SSSR count). The normalized spacial score (nSPS) is 38.2. The lowest BCUT2D eigenvalue weighted by Crippen LogP contribution is -2.19. The van der Waals surface area contributed by atoms with E-state index in [0.29, 0.717) is 17.6 Å². The lowest BCUT2D eigenvalue weighted by Gasteiger charge is -2.18. The van der Waals surface area contributed by atoms with Crippen LogP contribution >= 0.6 is 0 Å². The predicted molar refractivity (Wildman–Crippen MR) is 39.6 cm³/mol. The van der Waals surface area contributed by atoms with E-state index in [1.807, 2.05) is 6.08 Å². The predicted octanol–water partition coefficient (Wildman–Crippen LogP) is 1.93. The highest BCUT2D eigenvalue weighted by atomic mass is 16.1. The standard InChI is InChI=1S/C9H12O/c10-9-6-2-4-7-3-1-5-8(7)9/h2,6-8H,1,3-5H2. The first-order chi connectivity index (χ1) is 4.88. The topological polar surface area (TPSA) is 17.1 Å². The van der Waals surface area contributed by atoms with Crippen molar-refractivity contribution in [1.82, 2.24) is 0 Å². The maximum atomic E-state index is 11.2. The minimum absolute atomic E-state index is 0.383. The molecule has 0 aromatic heterocycles. The summed E-state index contributed by atoms with van der Waals surface area (Å²) >= 11 is 0. The van der Waals surface area contributed by atoms with Gasteiger partial charge in [-0.25, -0.2) is 0 Å². The Morgan fingerprint density at radius 1 is 1.40 bits per heavy atom. The summed E-state index contributed by atoms with van der Waals surface area (Å²) in [6.07, 6.45) is 8.65. The molecule has 1 saturated carbocycles. The van der Waals surface area contributed by atoms with E-state index in [2.05, 4.69) is 0 Å². The molecule has 0 heterocycles. The monoisotopic (exact) mass is 136 g/mol. The Kier molecular flexibility index (Phi) is 1.37. The maximum absolute atomic E-state index is 11.2. The van der Waals surface area contributed by atoms with Crippen LogP contribution in [0.3, 0.4) is 0 Å². The first-order valence-electron chi connectivity index (χ1n) is 4.08. The molecule has 54 valence electrons. The fourth-order valence-corrected chi connectivity index (χ4v) is 2.18. The van der Waals surface area contributed by atoms with Gasteiger partial charge in [-0.2, -0.15) is 0 Å². The molecule has 1 heteroatoms. The Morgan fingerprint density at radius 2 is 2.30 bits per heavy atom. The van der Waals surface area contributed by atoms with Crippen molar-refractivity contribution < 1.29 is 4.79 Å². The first-order valence-corrected chi connectivity index (χ1v) is 4.08. The number of rotatable bonds is 0. The minimum atomic E-state index is 0.383. The molecule has 1 fully saturated rings. The zero-order valence-electron chi connectivity index (χ0n) is 6.05. The molecule has 0 radical (unpaired) electrons. The Labute approximate surface area is 61.1 Å². The number of carbonyl (C=O) groups is 1. The first kappa shape index (κ1) is 6.14. The Balaban J connectivity index is 2.20. The maximum Gasteiger partial charge on any atom is 0.158 e. The van der Waals surface area contributed by atoms with Gasteiger partial charge in [0.2, 0.25) is 0 Å². The second-order valence-corrected chi connectivity index (χ2v) is 3.34. The number of allylic oxidation sites excluding steroid dienone is 2. The van der Waals surface area contributed by atoms with Gasteiger partial charge < -0.3 is 0 Å². The Hall–Kier alpha value is -0.590. The lowest BCUT2D eigenvalue weighted by molar-refractivity contribution is -0.119. The zero-order chi connectivity index (χ0) is 6.97. The second-order valence-electron chi connectivity index (χ2n) is 3.34. The Morgan fingerprint density at radius 3 is 3.10 bits per heavy atom. The summed E-state index contributed by atoms with van der Waals surface area (Å²) < 4.78 is 0. The summed E-state index contributed by atoms with van der Waals surface area (Å²) in [4.78, 5) is 11.2. The van der Waals surface area contributed by atoms with Crippen LogP contribution in [0.1, 0.15) is 25.7 Å². The van der Waals surface area contributed by atoms with E-state index in [1.54, 1.807) is 6.08 Å². The fourth-order valence-electron chi connectivity index (χ4n) is 2.18. The molecule has 0 amide bonds. The lowest BCUT2D eigenvalue weighted by atomic mass is 9.85. The van der Waals surface area contributed by atoms with Crippen molar-refractivity contribution in [2.24, 2.45) is 11.8 Å². The van der Waals surface area contributed by atoms with Gasteiger partial charge in [0.15, 0.2) is 5.78 Å². The van der Waals surface area contributed by atoms with E-state index in [-0.39, 0.29) is 0 Å². The van der Waals surface area contributed by atoms with E-state index < -0.39 is 0 Å². The van der Waals surface area contributed by atoms with Gasteiger partial charge in [0.25, 0.3) is 0 Å². The molecule has 10 heavy (non-hydrogen) atoms. The van der Waals surface area contributed by atoms with Crippen LogP contribution in [0.4, 0.5) is 0 Å². The molecular formula is C9H12O. The molecule has 2 aliphatic carbocycles. The van der Waals surface area contributed by atoms with Crippen LogP contribution in [-0.2, 0) is 4.79 Å². The number of fused-ring (bicyclic) bond motifs is 1. The average molecular weight is 136 g/mol. The third kappa shape index (κ3) is 0.808. The molecule has 0 spiro atoms. The molecule has 0 saturated heterocycles. The fraction of sp³-hybridized carbons (Fsp3) is 0.667. The molecule has 0 aromatic rings. The van der Waals surface area contributed by atoms with Gasteiger partial charge in [-0.1, -0.05) is 12.5 Å². The zero-order valence-corrected chi connectivity index (χ0v) is 6.05. The summed E-state index contributed by atoms with van der Waals surface area (Å²) in [6.45, 7) is 0. The molecule has 2 aliphatic rings. The quantitative estimate of drug-likeness (QED) is 0.497. The van der Waals surface area contributed by atoms with Crippen molar-refractivity contribution in [3.8, 4) is 0 Å². The molecule has 0 N–H and O–H groups in total. The summed E-state index contributed by atoms with van der Waals surface area (Å²) in [7, 11) is 0. The van der Waals surface area contributed by atoms with Crippen LogP contribution in [0.2, 0.25) is 0 Å². The number of hydrogen-bond acceptors (Lipinski definition) is 1. The number of ketones is 1. The second kappa shape index (κ2) is 2.22. The molecule has 0 bridgehead atoms. The van der Waals surface area contributed by atoms with Gasteiger partial charge >= 0.3 is 0 Å². The highest BCUT2D eigenvalue weighted by molar-refractivity contribution is 5.92. The summed E-state index contributed by atoms with van der Waals surface area (Å²) in [5.74, 6) is 1.50. The SMILES string of the molecule is O=C1C=CCC2CCCC12. The van der Waals surface area contributed by atoms with Crippen molar-refractivity contribution in [2.45, 2.75) is 25.7 Å². The van der Waals surface area contributed by atoms with Crippen LogP contribution in [0.5, 0.6) is 0 Å². The summed E-state index contributed by atoms with van der Waals surface area (Å²) in [5.41, 5.74) is 0. The van der Waals surface area contributed by atoms with Gasteiger partial charge in [0.1, 0.15) is 0 Å². The van der Waals surface area contributed by atoms with Crippen molar-refractivity contribution in [2.75, 3.05) is 0 Å². The third-order valence-corrected chi connectivity index (χ3v) is 2.75. The minimum Gasteiger partial charge on any atom is -0.295 e. The van der Waals surface area contributed by atoms with Crippen LogP contribution in [0.25, 0.3) is 0 Å². The van der Waals surface area contributed by atoms with E-state index >= 15 is 0 Å². The third-order valence-electron chi connectivity index (χ3n) is 2.75. The molecule has 0 aromatic carbocycles. The largest absolute Gasteiger partial charge is 0.295 e. The van der Waals surface area contributed by atoms with Crippen LogP contribution in [-0.4, -0.2) is 5.78 Å². The van der Waals surface area contributed by atoms with E-state index in [4.69, 9.17) is 0 Å². The van der Waals surface area contributed by atoms with E-state index in [1.165, 1.54) is 12.8 Å². The van der Waals surface area contributed by atoms with Gasteiger partial charge in [-0.3, -0.25) is 4.79 Å². The van der Waals surface area contributed by atoms with Crippen LogP contribution in [0.15, 0.2) is 12.2 Å². The summed E-state index contributed by atoms with van der Waals surface area (Å²) in [5, 5.41) is 0. The smallest absolute Gasteiger partial charge is 0.158 e. The van der Waals surface area contributed by atoms with Gasteiger partial charge in [-0.05, 0) is 31.3 Å². The van der Waals surface area contributed by atoms with Gasteiger partial charge in [0, 0.05) is 5.92 Å². The number of carbonyl (C=O) groups excluding carboxylic acids is 1. The molecule has 2 unspecified atom stereocenters. The highest BCUT2D eigenvalue weighted by Gasteiger charge is 2.32. The van der Waals surface area contributed by atoms with E-state index in [0.717, 1.165) is 12.8 Å². The Bertz CT molecular complexity index is 181. The van der Waals surface area contributed by atoms with Crippen LogP contribution in [0, 0.1) is 11.8 Å². The number of hydrogen-bond donors (Lipinski definition) is 0. The van der Waals surface area contributed by atoms with Crippen molar-refractivity contribution in [1.29, 1.82) is 0 Å². The van der Waals surface area contributed by atoms with E-state index in [9.17, 15) is 4.79 Å². The van der Waals surface area contributed by atoms with Gasteiger partial charge in [-0.15, -0.1) is 0 Å².